The first-order chi connectivity index (χ1) is 16.2. The van der Waals surface area contributed by atoms with Gasteiger partial charge in [-0.3, -0.25) is 4.57 Å². The summed E-state index contributed by atoms with van der Waals surface area (Å²) in [4.78, 5) is 4.83. The number of rotatable bonds is 4. The monoisotopic (exact) mass is 431 g/mol. The second kappa shape index (κ2) is 7.62. The predicted molar refractivity (Wildman–Crippen MR) is 135 cm³/mol. The van der Waals surface area contributed by atoms with Crippen molar-refractivity contribution in [2.24, 2.45) is 0 Å². The predicted octanol–water partition coefficient (Wildman–Crippen LogP) is 4.36. The van der Waals surface area contributed by atoms with Crippen LogP contribution in [0.3, 0.4) is 0 Å². The maximum Gasteiger partial charge on any atom is 0.488 e. The lowest BCUT2D eigenvalue weighted by atomic mass is 9.80. The van der Waals surface area contributed by atoms with Crippen LogP contribution in [0.1, 0.15) is 12.7 Å². The Kier molecular flexibility index (Phi) is 4.57. The number of para-hydroxylation sites is 3. The smallest absolute Gasteiger partial charge is 0.423 e. The van der Waals surface area contributed by atoms with Crippen molar-refractivity contribution in [2.45, 2.75) is 13.3 Å². The summed E-state index contributed by atoms with van der Waals surface area (Å²) >= 11 is 0. The molecule has 160 valence electrons. The number of aromatic nitrogens is 3. The van der Waals surface area contributed by atoms with E-state index in [1.54, 1.807) is 6.07 Å². The Labute approximate surface area is 191 Å². The van der Waals surface area contributed by atoms with E-state index < -0.39 is 7.12 Å². The Balaban J connectivity index is 1.69. The van der Waals surface area contributed by atoms with Gasteiger partial charge in [-0.2, -0.15) is 0 Å². The standard InChI is InChI=1S/C27H22BN3O2/c1-2-27-29-23-10-6-7-11-26(23)31(27)20-13-15-25-22(17-20)21-16-18(28(32)33)12-14-24(21)30(25)19-8-4-3-5-9-19/h3-17,32-33H,2H2,1H3. The van der Waals surface area contributed by atoms with Gasteiger partial charge in [-0.25, -0.2) is 4.98 Å². The van der Waals surface area contributed by atoms with Crippen molar-refractivity contribution in [1.82, 2.24) is 14.1 Å². The van der Waals surface area contributed by atoms with Crippen molar-refractivity contribution in [3.63, 3.8) is 0 Å². The highest BCUT2D eigenvalue weighted by Crippen LogP contribution is 2.34. The second-order valence-corrected chi connectivity index (χ2v) is 8.23. The summed E-state index contributed by atoms with van der Waals surface area (Å²) in [6, 6.07) is 30.5. The van der Waals surface area contributed by atoms with Gasteiger partial charge in [-0.1, -0.05) is 49.4 Å². The van der Waals surface area contributed by atoms with Crippen molar-refractivity contribution < 1.29 is 10.0 Å². The van der Waals surface area contributed by atoms with Crippen LogP contribution in [0, 0.1) is 0 Å². The zero-order valence-corrected chi connectivity index (χ0v) is 18.2. The van der Waals surface area contributed by atoms with E-state index in [4.69, 9.17) is 4.98 Å². The summed E-state index contributed by atoms with van der Waals surface area (Å²) in [5.74, 6) is 1.01. The second-order valence-electron chi connectivity index (χ2n) is 8.23. The molecule has 0 amide bonds. The van der Waals surface area contributed by atoms with Crippen LogP contribution in [-0.4, -0.2) is 31.3 Å². The van der Waals surface area contributed by atoms with Crippen LogP contribution >= 0.6 is 0 Å². The van der Waals surface area contributed by atoms with Crippen molar-refractivity contribution >= 4 is 45.4 Å². The molecule has 0 fully saturated rings. The maximum atomic E-state index is 9.81. The van der Waals surface area contributed by atoms with E-state index in [1.165, 1.54) is 0 Å². The summed E-state index contributed by atoms with van der Waals surface area (Å²) in [6.07, 6.45) is 0.819. The molecule has 0 bridgehead atoms. The SMILES string of the molecule is CCc1nc2ccccc2n1-c1ccc2c(c1)c1cc(B(O)O)ccc1n2-c1ccccc1. The molecule has 5 nitrogen and oxygen atoms in total. The van der Waals surface area contributed by atoms with Crippen LogP contribution in [-0.2, 0) is 6.42 Å². The van der Waals surface area contributed by atoms with Gasteiger partial charge in [0.25, 0.3) is 0 Å². The van der Waals surface area contributed by atoms with Gasteiger partial charge < -0.3 is 14.6 Å². The highest BCUT2D eigenvalue weighted by molar-refractivity contribution is 6.59. The maximum absolute atomic E-state index is 9.81. The Morgan fingerprint density at radius 1 is 0.697 bits per heavy atom. The molecule has 0 radical (unpaired) electrons. The molecular formula is C27H22BN3O2. The largest absolute Gasteiger partial charge is 0.488 e. The fourth-order valence-electron chi connectivity index (χ4n) is 4.78. The van der Waals surface area contributed by atoms with Gasteiger partial charge in [0.15, 0.2) is 0 Å². The molecule has 0 atom stereocenters. The molecule has 0 saturated heterocycles. The van der Waals surface area contributed by atoms with E-state index >= 15 is 0 Å². The van der Waals surface area contributed by atoms with E-state index in [-0.39, 0.29) is 0 Å². The number of imidazole rings is 1. The molecule has 33 heavy (non-hydrogen) atoms. The molecule has 0 aliphatic heterocycles. The Morgan fingerprint density at radius 3 is 2.15 bits per heavy atom. The van der Waals surface area contributed by atoms with Gasteiger partial charge in [0.2, 0.25) is 0 Å². The van der Waals surface area contributed by atoms with Gasteiger partial charge >= 0.3 is 7.12 Å². The van der Waals surface area contributed by atoms with Crippen LogP contribution in [0.25, 0.3) is 44.2 Å². The molecule has 0 aliphatic rings. The lowest BCUT2D eigenvalue weighted by Crippen LogP contribution is -2.29. The van der Waals surface area contributed by atoms with Gasteiger partial charge in [-0.15, -0.1) is 0 Å². The highest BCUT2D eigenvalue weighted by Gasteiger charge is 2.18. The van der Waals surface area contributed by atoms with Gasteiger partial charge in [0.05, 0.1) is 22.1 Å². The summed E-state index contributed by atoms with van der Waals surface area (Å²) < 4.78 is 4.43. The molecule has 6 rings (SSSR count). The summed E-state index contributed by atoms with van der Waals surface area (Å²) in [6.45, 7) is 2.12. The molecule has 0 spiro atoms. The third-order valence-electron chi connectivity index (χ3n) is 6.29. The first-order valence-corrected chi connectivity index (χ1v) is 11.1. The quantitative estimate of drug-likeness (QED) is 0.408. The van der Waals surface area contributed by atoms with Crippen molar-refractivity contribution in [1.29, 1.82) is 0 Å². The number of hydrogen-bond acceptors (Lipinski definition) is 3. The minimum Gasteiger partial charge on any atom is -0.423 e. The fraction of sp³-hybridized carbons (Fsp3) is 0.0741. The Bertz CT molecular complexity index is 1630. The average Bonchev–Trinajstić information content (AvgIpc) is 3.39. The van der Waals surface area contributed by atoms with Crippen molar-refractivity contribution in [3.8, 4) is 11.4 Å². The zero-order chi connectivity index (χ0) is 22.5. The summed E-state index contributed by atoms with van der Waals surface area (Å²) in [7, 11) is -1.52. The summed E-state index contributed by atoms with van der Waals surface area (Å²) in [5.41, 5.74) is 6.71. The lowest BCUT2D eigenvalue weighted by Gasteiger charge is -2.10. The van der Waals surface area contributed by atoms with Crippen LogP contribution in [0.2, 0.25) is 0 Å². The minimum absolute atomic E-state index is 0.474. The molecule has 6 aromatic rings. The zero-order valence-electron chi connectivity index (χ0n) is 18.2. The van der Waals surface area contributed by atoms with E-state index in [1.807, 2.05) is 48.5 Å². The molecule has 2 N–H and O–H groups in total. The molecule has 2 heterocycles. The van der Waals surface area contributed by atoms with E-state index in [0.29, 0.717) is 5.46 Å². The number of fused-ring (bicyclic) bond motifs is 4. The third kappa shape index (κ3) is 3.07. The molecule has 0 unspecified atom stereocenters. The van der Waals surface area contributed by atoms with E-state index in [2.05, 4.69) is 52.5 Å². The van der Waals surface area contributed by atoms with E-state index in [9.17, 15) is 10.0 Å². The molecule has 2 aromatic heterocycles. The Morgan fingerprint density at radius 2 is 1.39 bits per heavy atom. The third-order valence-corrected chi connectivity index (χ3v) is 6.29. The average molecular weight is 431 g/mol. The van der Waals surface area contributed by atoms with Gasteiger partial charge in [-0.05, 0) is 54.0 Å². The molecule has 4 aromatic carbocycles. The van der Waals surface area contributed by atoms with Gasteiger partial charge in [0.1, 0.15) is 5.82 Å². The van der Waals surface area contributed by atoms with E-state index in [0.717, 1.165) is 56.5 Å². The molecule has 6 heteroatoms. The number of aryl methyl sites for hydroxylation is 1. The van der Waals surface area contributed by atoms with Crippen LogP contribution < -0.4 is 5.46 Å². The first kappa shape index (κ1) is 19.8. The first-order valence-electron chi connectivity index (χ1n) is 11.1. The topological polar surface area (TPSA) is 63.2 Å². The highest BCUT2D eigenvalue weighted by atomic mass is 16.4. The van der Waals surface area contributed by atoms with Crippen LogP contribution in [0.4, 0.5) is 0 Å². The number of nitrogens with zero attached hydrogens (tertiary/aromatic N) is 3. The fourth-order valence-corrected chi connectivity index (χ4v) is 4.78. The van der Waals surface area contributed by atoms with Crippen LogP contribution in [0.5, 0.6) is 0 Å². The molecular weight excluding hydrogens is 409 g/mol. The molecule has 0 aliphatic carbocycles. The number of hydrogen-bond donors (Lipinski definition) is 2. The Hall–Kier alpha value is -3.87. The van der Waals surface area contributed by atoms with Crippen LogP contribution in [0.15, 0.2) is 91.0 Å². The molecule has 0 saturated carbocycles. The minimum atomic E-state index is -1.52. The lowest BCUT2D eigenvalue weighted by molar-refractivity contribution is 0.426. The summed E-state index contributed by atoms with van der Waals surface area (Å²) in [5, 5.41) is 21.6. The van der Waals surface area contributed by atoms with Crippen molar-refractivity contribution in [2.75, 3.05) is 0 Å². The number of benzene rings is 4. The van der Waals surface area contributed by atoms with Crippen molar-refractivity contribution in [3.05, 3.63) is 96.8 Å². The normalized spacial score (nSPS) is 11.6. The van der Waals surface area contributed by atoms with Gasteiger partial charge in [0, 0.05) is 28.6 Å².